The highest BCUT2D eigenvalue weighted by atomic mass is 16.5. The van der Waals surface area contributed by atoms with Crippen molar-refractivity contribution in [1.82, 2.24) is 30.1 Å². The first-order valence-corrected chi connectivity index (χ1v) is 12.3. The van der Waals surface area contributed by atoms with Crippen molar-refractivity contribution in [3.05, 3.63) is 87.0 Å². The van der Waals surface area contributed by atoms with Crippen LogP contribution in [0.2, 0.25) is 0 Å². The lowest BCUT2D eigenvalue weighted by molar-refractivity contribution is 0.0663. The third-order valence-electron chi connectivity index (χ3n) is 6.70. The van der Waals surface area contributed by atoms with Crippen molar-refractivity contribution < 1.29 is 4.74 Å². The molecule has 1 aliphatic heterocycles. The molecule has 1 unspecified atom stereocenters. The fourth-order valence-electron chi connectivity index (χ4n) is 4.93. The summed E-state index contributed by atoms with van der Waals surface area (Å²) in [6, 6.07) is 16.5. The minimum absolute atomic E-state index is 0.0523. The van der Waals surface area contributed by atoms with E-state index in [9.17, 15) is 4.79 Å². The molecule has 1 saturated heterocycles. The molecular weight excluding hydrogens is 440 g/mol. The molecule has 0 amide bonds. The Labute approximate surface area is 204 Å². The number of aromatic amines is 1. The monoisotopic (exact) mass is 472 g/mol. The quantitative estimate of drug-likeness (QED) is 0.401. The summed E-state index contributed by atoms with van der Waals surface area (Å²) >= 11 is 0. The molecule has 35 heavy (non-hydrogen) atoms. The first kappa shape index (κ1) is 23.4. The van der Waals surface area contributed by atoms with Crippen LogP contribution in [0.1, 0.15) is 40.9 Å². The van der Waals surface area contributed by atoms with E-state index in [1.807, 2.05) is 41.9 Å². The molecule has 0 saturated carbocycles. The van der Waals surface area contributed by atoms with Gasteiger partial charge in [-0.2, -0.15) is 0 Å². The average molecular weight is 473 g/mol. The van der Waals surface area contributed by atoms with Crippen LogP contribution in [0.5, 0.6) is 0 Å². The van der Waals surface area contributed by atoms with Gasteiger partial charge in [0.05, 0.1) is 12.6 Å². The van der Waals surface area contributed by atoms with E-state index in [1.54, 1.807) is 0 Å². The van der Waals surface area contributed by atoms with Crippen LogP contribution in [-0.2, 0) is 30.8 Å². The number of nitrogens with one attached hydrogen (secondary N) is 1. The van der Waals surface area contributed by atoms with Crippen LogP contribution in [0, 0.1) is 13.8 Å². The predicted molar refractivity (Wildman–Crippen MR) is 135 cm³/mol. The smallest absolute Gasteiger partial charge is 0.252 e. The fourth-order valence-corrected chi connectivity index (χ4v) is 4.93. The van der Waals surface area contributed by atoms with Crippen LogP contribution in [0.4, 0.5) is 0 Å². The minimum atomic E-state index is -0.0523. The first-order valence-electron chi connectivity index (χ1n) is 12.3. The Hall–Kier alpha value is -3.36. The van der Waals surface area contributed by atoms with Crippen LogP contribution in [0.15, 0.2) is 53.3 Å². The zero-order valence-corrected chi connectivity index (χ0v) is 20.4. The van der Waals surface area contributed by atoms with E-state index < -0.39 is 0 Å². The van der Waals surface area contributed by atoms with Crippen LogP contribution in [-0.4, -0.2) is 49.3 Å². The van der Waals surface area contributed by atoms with Gasteiger partial charge in [-0.25, -0.2) is 4.68 Å². The number of aryl methyl sites for hydroxylation is 4. The summed E-state index contributed by atoms with van der Waals surface area (Å²) in [5, 5.41) is 13.6. The summed E-state index contributed by atoms with van der Waals surface area (Å²) in [5.74, 6) is 0.794. The Kier molecular flexibility index (Phi) is 7.01. The van der Waals surface area contributed by atoms with Gasteiger partial charge in [0, 0.05) is 42.7 Å². The van der Waals surface area contributed by atoms with E-state index in [0.29, 0.717) is 19.6 Å². The third kappa shape index (κ3) is 5.66. The maximum absolute atomic E-state index is 13.0. The van der Waals surface area contributed by atoms with Gasteiger partial charge in [0.25, 0.3) is 5.56 Å². The Morgan fingerprint density at radius 3 is 2.80 bits per heavy atom. The van der Waals surface area contributed by atoms with Gasteiger partial charge >= 0.3 is 0 Å². The molecule has 5 rings (SSSR count). The molecule has 2 aromatic carbocycles. The lowest BCUT2D eigenvalue weighted by Gasteiger charge is -2.24. The average Bonchev–Trinajstić information content (AvgIpc) is 3.51. The molecule has 4 aromatic rings. The summed E-state index contributed by atoms with van der Waals surface area (Å²) in [7, 11) is 0. The van der Waals surface area contributed by atoms with E-state index in [2.05, 4.69) is 50.5 Å². The van der Waals surface area contributed by atoms with Gasteiger partial charge in [0.15, 0.2) is 5.82 Å². The number of hydrogen-bond donors (Lipinski definition) is 1. The number of rotatable bonds is 9. The van der Waals surface area contributed by atoms with Crippen LogP contribution >= 0.6 is 0 Å². The van der Waals surface area contributed by atoms with E-state index in [0.717, 1.165) is 65.8 Å². The Morgan fingerprint density at radius 1 is 1.14 bits per heavy atom. The van der Waals surface area contributed by atoms with Crippen molar-refractivity contribution in [2.24, 2.45) is 0 Å². The molecule has 1 atom stereocenters. The second-order valence-electron chi connectivity index (χ2n) is 9.53. The van der Waals surface area contributed by atoms with Crippen LogP contribution in [0.25, 0.3) is 10.9 Å². The minimum Gasteiger partial charge on any atom is -0.377 e. The number of H-pyrrole nitrogens is 1. The van der Waals surface area contributed by atoms with Crippen molar-refractivity contribution in [2.75, 3.05) is 13.2 Å². The standard InChI is InChI=1S/C27H32N6O2/c1-19-13-20(2)24-15-22(27(34)28-25(24)14-19)16-32(17-23-9-6-12-35-23)18-26-29-30-31-33(26)11-10-21-7-4-3-5-8-21/h3-5,7-8,13-15,23H,6,9-12,16-18H2,1-2H3,(H,28,34). The normalized spacial score (nSPS) is 15.9. The van der Waals surface area contributed by atoms with Crippen molar-refractivity contribution in [3.63, 3.8) is 0 Å². The molecule has 0 bridgehead atoms. The van der Waals surface area contributed by atoms with Gasteiger partial charge in [0.1, 0.15) is 0 Å². The molecule has 3 heterocycles. The molecule has 0 spiro atoms. The first-order chi connectivity index (χ1) is 17.0. The second kappa shape index (κ2) is 10.5. The van der Waals surface area contributed by atoms with Gasteiger partial charge in [0.2, 0.25) is 0 Å². The lowest BCUT2D eigenvalue weighted by Crippen LogP contribution is -2.34. The van der Waals surface area contributed by atoms with E-state index >= 15 is 0 Å². The number of nitrogens with zero attached hydrogens (tertiary/aromatic N) is 5. The van der Waals surface area contributed by atoms with Crippen molar-refractivity contribution in [1.29, 1.82) is 0 Å². The van der Waals surface area contributed by atoms with Gasteiger partial charge in [-0.15, -0.1) is 5.10 Å². The topological polar surface area (TPSA) is 88.9 Å². The number of hydrogen-bond acceptors (Lipinski definition) is 6. The number of fused-ring (bicyclic) bond motifs is 1. The van der Waals surface area contributed by atoms with Crippen molar-refractivity contribution in [3.8, 4) is 0 Å². The van der Waals surface area contributed by atoms with E-state index in [1.165, 1.54) is 5.56 Å². The highest BCUT2D eigenvalue weighted by Gasteiger charge is 2.22. The zero-order valence-electron chi connectivity index (χ0n) is 20.4. The Balaban J connectivity index is 1.37. The Bertz CT molecular complexity index is 1340. The summed E-state index contributed by atoms with van der Waals surface area (Å²) < 4.78 is 7.79. The fraction of sp³-hybridized carbons (Fsp3) is 0.407. The molecule has 182 valence electrons. The summed E-state index contributed by atoms with van der Waals surface area (Å²) in [4.78, 5) is 18.3. The second-order valence-corrected chi connectivity index (χ2v) is 9.53. The third-order valence-corrected chi connectivity index (χ3v) is 6.70. The predicted octanol–water partition coefficient (Wildman–Crippen LogP) is 3.56. The number of aromatic nitrogens is 5. The molecule has 8 heteroatoms. The number of benzene rings is 2. The molecule has 1 aliphatic rings. The molecule has 2 aromatic heterocycles. The summed E-state index contributed by atoms with van der Waals surface area (Å²) in [6.07, 6.45) is 3.12. The molecule has 0 aliphatic carbocycles. The molecule has 8 nitrogen and oxygen atoms in total. The number of ether oxygens (including phenoxy) is 1. The number of tetrazole rings is 1. The van der Waals surface area contributed by atoms with Crippen LogP contribution < -0.4 is 5.56 Å². The molecular formula is C27H32N6O2. The van der Waals surface area contributed by atoms with E-state index in [-0.39, 0.29) is 11.7 Å². The van der Waals surface area contributed by atoms with Gasteiger partial charge in [-0.1, -0.05) is 36.4 Å². The summed E-state index contributed by atoms with van der Waals surface area (Å²) in [5.41, 5.74) is 5.12. The highest BCUT2D eigenvalue weighted by molar-refractivity contribution is 5.83. The maximum atomic E-state index is 13.0. The molecule has 1 N–H and O–H groups in total. The van der Waals surface area contributed by atoms with Gasteiger partial charge in [-0.05, 0) is 72.4 Å². The summed E-state index contributed by atoms with van der Waals surface area (Å²) in [6.45, 7) is 7.41. The van der Waals surface area contributed by atoms with Crippen LogP contribution in [0.3, 0.4) is 0 Å². The van der Waals surface area contributed by atoms with Crippen molar-refractivity contribution in [2.45, 2.75) is 58.8 Å². The Morgan fingerprint density at radius 2 is 2.00 bits per heavy atom. The van der Waals surface area contributed by atoms with Crippen molar-refractivity contribution >= 4 is 10.9 Å². The largest absolute Gasteiger partial charge is 0.377 e. The lowest BCUT2D eigenvalue weighted by atomic mass is 10.0. The van der Waals surface area contributed by atoms with E-state index in [4.69, 9.17) is 4.74 Å². The van der Waals surface area contributed by atoms with Gasteiger partial charge < -0.3 is 9.72 Å². The SMILES string of the molecule is Cc1cc(C)c2cc(CN(Cc3nnnn3CCc3ccccc3)CC3CCCO3)c(=O)[nH]c2c1. The maximum Gasteiger partial charge on any atom is 0.252 e. The molecule has 1 fully saturated rings. The molecule has 0 radical (unpaired) electrons. The zero-order chi connectivity index (χ0) is 24.2. The van der Waals surface area contributed by atoms with Gasteiger partial charge in [-0.3, -0.25) is 9.69 Å². The highest BCUT2D eigenvalue weighted by Crippen LogP contribution is 2.20. The number of pyridine rings is 1.